The highest BCUT2D eigenvalue weighted by Crippen LogP contribution is 2.32. The van der Waals surface area contributed by atoms with E-state index in [-0.39, 0.29) is 5.56 Å². The summed E-state index contributed by atoms with van der Waals surface area (Å²) in [5, 5.41) is 2.60. The van der Waals surface area contributed by atoms with Crippen molar-refractivity contribution >= 4 is 23.2 Å². The number of Topliss-reactive ketones (excluding diaryl/α,β-unsaturated/α-hetero) is 2. The second kappa shape index (κ2) is 9.94. The topological polar surface area (TPSA) is 63.2 Å². The Morgan fingerprint density at radius 1 is 0.903 bits per heavy atom. The van der Waals surface area contributed by atoms with E-state index in [1.165, 1.54) is 13.8 Å². The van der Waals surface area contributed by atoms with Crippen molar-refractivity contribution in [1.29, 1.82) is 0 Å². The average Bonchev–Trinajstić information content (AvgIpc) is 2.86. The third-order valence-electron chi connectivity index (χ3n) is 4.77. The summed E-state index contributed by atoms with van der Waals surface area (Å²) in [7, 11) is 0. The molecule has 3 aromatic rings. The minimum absolute atomic E-state index is 0.0812. The molecule has 0 spiro atoms. The van der Waals surface area contributed by atoms with Crippen LogP contribution in [0.4, 0.5) is 10.1 Å². The molecule has 1 N–H and O–H groups in total. The van der Waals surface area contributed by atoms with Crippen molar-refractivity contribution in [3.63, 3.8) is 0 Å². The largest absolute Gasteiger partial charge is 0.325 e. The van der Waals surface area contributed by atoms with Crippen molar-refractivity contribution in [2.45, 2.75) is 19.8 Å². The molecular weight excluding hydrogens is 393 g/mol. The molecule has 0 aromatic heterocycles. The minimum Gasteiger partial charge on any atom is -0.325 e. The van der Waals surface area contributed by atoms with Crippen LogP contribution in [-0.4, -0.2) is 17.5 Å². The maximum absolute atomic E-state index is 13.8. The highest BCUT2D eigenvalue weighted by Gasteiger charge is 2.41. The highest BCUT2D eigenvalue weighted by atomic mass is 19.1. The fourth-order valence-electron chi connectivity index (χ4n) is 3.20. The van der Waals surface area contributed by atoms with Crippen LogP contribution in [0.3, 0.4) is 0 Å². The van der Waals surface area contributed by atoms with Crippen LogP contribution in [-0.2, 0) is 9.59 Å². The van der Waals surface area contributed by atoms with E-state index in [0.29, 0.717) is 5.69 Å². The van der Waals surface area contributed by atoms with Crippen molar-refractivity contribution in [1.82, 2.24) is 0 Å². The van der Waals surface area contributed by atoms with Gasteiger partial charge in [-0.1, -0.05) is 62.3 Å². The average molecular weight is 423 g/mol. The Balaban J connectivity index is 2.30. The van der Waals surface area contributed by atoms with E-state index in [1.54, 1.807) is 30.3 Å². The summed E-state index contributed by atoms with van der Waals surface area (Å²) in [6.45, 7) is 3.07. The van der Waals surface area contributed by atoms with Gasteiger partial charge in [-0.15, -0.1) is 0 Å². The second-order valence-electron chi connectivity index (χ2n) is 7.28. The smallest absolute Gasteiger partial charge is 0.236 e. The molecule has 0 saturated carbocycles. The molecule has 0 heterocycles. The van der Waals surface area contributed by atoms with Crippen LogP contribution in [0.15, 0.2) is 84.8 Å². The zero-order valence-electron chi connectivity index (χ0n) is 22.0. The van der Waals surface area contributed by atoms with Crippen LogP contribution in [0.2, 0.25) is 0 Å². The summed E-state index contributed by atoms with van der Waals surface area (Å²) in [6, 6.07) is 9.07. The zero-order valence-corrected chi connectivity index (χ0v) is 17.0. The Labute approximate surface area is 188 Å². The first-order valence-corrected chi connectivity index (χ1v) is 9.71. The quantitative estimate of drug-likeness (QED) is 0.397. The summed E-state index contributed by atoms with van der Waals surface area (Å²) in [5.74, 6) is -7.22. The molecule has 2 atom stereocenters. The highest BCUT2D eigenvalue weighted by molar-refractivity contribution is 6.14. The van der Waals surface area contributed by atoms with Gasteiger partial charge in [0.25, 0.3) is 0 Å². The van der Waals surface area contributed by atoms with Gasteiger partial charge in [0.2, 0.25) is 5.91 Å². The molecule has 0 saturated heterocycles. The maximum Gasteiger partial charge on any atom is 0.236 e. The van der Waals surface area contributed by atoms with E-state index in [9.17, 15) is 18.8 Å². The number of carbonyl (C=O) groups excluding carboxylic acids is 3. The van der Waals surface area contributed by atoms with Crippen molar-refractivity contribution in [2.24, 2.45) is 11.8 Å². The Kier molecular flexibility index (Phi) is 5.17. The number of halogens is 1. The van der Waals surface area contributed by atoms with E-state index in [1.807, 2.05) is 0 Å². The van der Waals surface area contributed by atoms with Crippen LogP contribution < -0.4 is 5.32 Å². The van der Waals surface area contributed by atoms with Gasteiger partial charge in [0.15, 0.2) is 5.78 Å². The third kappa shape index (κ3) is 5.31. The lowest BCUT2D eigenvalue weighted by molar-refractivity contribution is -0.133. The predicted octanol–water partition coefficient (Wildman–Crippen LogP) is 5.27. The molecule has 0 aliphatic carbocycles. The summed E-state index contributed by atoms with van der Waals surface area (Å²) in [4.78, 5) is 40.7. The fourth-order valence-corrected chi connectivity index (χ4v) is 3.20. The lowest BCUT2D eigenvalue weighted by Crippen LogP contribution is -2.40. The molecule has 0 aliphatic rings. The Bertz CT molecular complexity index is 1280. The fraction of sp³-hybridized carbons (Fsp3) is 0.192. The predicted molar refractivity (Wildman–Crippen MR) is 118 cm³/mol. The van der Waals surface area contributed by atoms with Crippen molar-refractivity contribution in [3.8, 4) is 0 Å². The lowest BCUT2D eigenvalue weighted by atomic mass is 9.75. The number of hydrogen-bond donors (Lipinski definition) is 1. The molecule has 3 aromatic carbocycles. The normalized spacial score (nSPS) is 15.0. The molecule has 31 heavy (non-hydrogen) atoms. The first kappa shape index (κ1) is 16.1. The van der Waals surface area contributed by atoms with Crippen LogP contribution in [0, 0.1) is 17.7 Å². The summed E-state index contributed by atoms with van der Waals surface area (Å²) in [6.07, 6.45) is 0. The Morgan fingerprint density at radius 2 is 1.52 bits per heavy atom. The van der Waals surface area contributed by atoms with Gasteiger partial charge in [0, 0.05) is 17.2 Å². The Hall–Kier alpha value is -3.60. The number of amides is 1. The van der Waals surface area contributed by atoms with Gasteiger partial charge >= 0.3 is 0 Å². The van der Waals surface area contributed by atoms with E-state index in [4.69, 9.17) is 6.85 Å². The van der Waals surface area contributed by atoms with E-state index >= 15 is 0 Å². The SMILES string of the molecule is [2H]c1c([2H])c([2H])c(C(C(=O)c2ccc(F)cc2)C(C(=O)Nc2ccccc2)C(=O)C(C)C)c([2H])c1[2H]. The molecule has 0 fully saturated rings. The minimum atomic E-state index is -1.76. The standard InChI is InChI=1S/C26H24FNO3/c1-17(2)24(29)23(26(31)28-21-11-7-4-8-12-21)22(18-9-5-3-6-10-18)25(30)19-13-15-20(27)16-14-19/h3-17,22-23H,1-2H3,(H,28,31)/i3D,5D,6D,9D,10D. The molecule has 4 nitrogen and oxygen atoms in total. The van der Waals surface area contributed by atoms with Crippen molar-refractivity contribution < 1.29 is 25.6 Å². The number of ketones is 2. The van der Waals surface area contributed by atoms with Gasteiger partial charge in [0.05, 0.1) is 12.8 Å². The maximum atomic E-state index is 13.8. The molecule has 1 amide bonds. The number of rotatable bonds is 8. The monoisotopic (exact) mass is 422 g/mol. The first-order valence-electron chi connectivity index (χ1n) is 12.2. The molecule has 3 rings (SSSR count). The van der Waals surface area contributed by atoms with E-state index in [0.717, 1.165) is 24.3 Å². The number of nitrogens with one attached hydrogen (secondary N) is 1. The van der Waals surface area contributed by atoms with Gasteiger partial charge in [0.1, 0.15) is 17.5 Å². The molecule has 0 aliphatic heterocycles. The number of carbonyl (C=O) groups is 3. The van der Waals surface area contributed by atoms with Crippen molar-refractivity contribution in [2.75, 3.05) is 5.32 Å². The number of hydrogen-bond acceptors (Lipinski definition) is 3. The van der Waals surface area contributed by atoms with Crippen LogP contribution in [0.1, 0.15) is 42.5 Å². The van der Waals surface area contributed by atoms with Gasteiger partial charge in [-0.3, -0.25) is 14.4 Å². The van der Waals surface area contributed by atoms with E-state index < -0.39 is 76.8 Å². The molecule has 158 valence electrons. The van der Waals surface area contributed by atoms with Crippen LogP contribution in [0.25, 0.3) is 0 Å². The summed E-state index contributed by atoms with van der Waals surface area (Å²) in [5.41, 5.74) is -0.210. The molecule has 2 unspecified atom stereocenters. The number of benzene rings is 3. The third-order valence-corrected chi connectivity index (χ3v) is 4.77. The summed E-state index contributed by atoms with van der Waals surface area (Å²) < 4.78 is 54.5. The van der Waals surface area contributed by atoms with Crippen LogP contribution >= 0.6 is 0 Å². The lowest BCUT2D eigenvalue weighted by Gasteiger charge is -2.26. The molecule has 0 bridgehead atoms. The molecular formula is C26H24FNO3. The number of para-hydroxylation sites is 1. The Morgan fingerprint density at radius 3 is 2.10 bits per heavy atom. The van der Waals surface area contributed by atoms with E-state index in [2.05, 4.69) is 5.32 Å². The second-order valence-corrected chi connectivity index (χ2v) is 7.28. The molecule has 5 heteroatoms. The van der Waals surface area contributed by atoms with Crippen LogP contribution in [0.5, 0.6) is 0 Å². The first-order chi connectivity index (χ1) is 17.0. The van der Waals surface area contributed by atoms with Gasteiger partial charge < -0.3 is 5.32 Å². The van der Waals surface area contributed by atoms with Gasteiger partial charge in [-0.05, 0) is 42.0 Å². The zero-order chi connectivity index (χ0) is 26.7. The van der Waals surface area contributed by atoms with Gasteiger partial charge in [-0.2, -0.15) is 0 Å². The molecule has 0 radical (unpaired) electrons. The van der Waals surface area contributed by atoms with Gasteiger partial charge in [-0.25, -0.2) is 4.39 Å². The van der Waals surface area contributed by atoms with Crippen molar-refractivity contribution in [3.05, 3.63) is 102 Å². The number of anilines is 1. The summed E-state index contributed by atoms with van der Waals surface area (Å²) >= 11 is 0.